The van der Waals surface area contributed by atoms with Gasteiger partial charge in [0.2, 0.25) is 5.90 Å². The molecule has 0 saturated carbocycles. The van der Waals surface area contributed by atoms with Crippen LogP contribution >= 0.6 is 0 Å². The van der Waals surface area contributed by atoms with Crippen LogP contribution in [0.3, 0.4) is 0 Å². The summed E-state index contributed by atoms with van der Waals surface area (Å²) >= 11 is 0. The van der Waals surface area contributed by atoms with Crippen molar-refractivity contribution in [1.82, 2.24) is 0 Å². The lowest BCUT2D eigenvalue weighted by Crippen LogP contribution is -2.24. The van der Waals surface area contributed by atoms with Crippen LogP contribution < -0.4 is 0 Å². The Labute approximate surface area is 144 Å². The summed E-state index contributed by atoms with van der Waals surface area (Å²) in [5, 5.41) is 4.03. The SMILES string of the molecule is CO/N=C1\OC[C@@H](C[S@](=O)c2ccccc2)[C@@H]1Cc1ccccc1. The van der Waals surface area contributed by atoms with Crippen LogP contribution in [0.15, 0.2) is 70.7 Å². The van der Waals surface area contributed by atoms with Crippen LogP contribution in [-0.2, 0) is 26.8 Å². The minimum atomic E-state index is -1.05. The highest BCUT2D eigenvalue weighted by Crippen LogP contribution is 2.29. The van der Waals surface area contributed by atoms with Gasteiger partial charge in [-0.3, -0.25) is 4.21 Å². The molecule has 0 radical (unpaired) electrons. The summed E-state index contributed by atoms with van der Waals surface area (Å²) in [5.41, 5.74) is 1.22. The summed E-state index contributed by atoms with van der Waals surface area (Å²) in [5.74, 6) is 1.40. The fourth-order valence-corrected chi connectivity index (χ4v) is 4.32. The van der Waals surface area contributed by atoms with Crippen molar-refractivity contribution in [2.24, 2.45) is 17.0 Å². The van der Waals surface area contributed by atoms with Crippen LogP contribution in [0.1, 0.15) is 5.56 Å². The average molecular weight is 343 g/mol. The maximum Gasteiger partial charge on any atom is 0.229 e. The molecule has 0 spiro atoms. The zero-order chi connectivity index (χ0) is 16.8. The normalized spacial score (nSPS) is 23.0. The summed E-state index contributed by atoms with van der Waals surface area (Å²) in [6.07, 6.45) is 0.805. The highest BCUT2D eigenvalue weighted by atomic mass is 32.2. The molecule has 0 aliphatic carbocycles. The van der Waals surface area contributed by atoms with Gasteiger partial charge in [0.1, 0.15) is 7.11 Å². The monoisotopic (exact) mass is 343 g/mol. The number of nitrogens with zero attached hydrogens (tertiary/aromatic N) is 1. The fourth-order valence-electron chi connectivity index (χ4n) is 2.95. The van der Waals surface area contributed by atoms with E-state index in [4.69, 9.17) is 9.57 Å². The van der Waals surface area contributed by atoms with Crippen LogP contribution in [0.4, 0.5) is 0 Å². The standard InChI is InChI=1S/C19H21NO3S/c1-22-20-19-18(12-15-8-4-2-5-9-15)16(13-23-19)14-24(21)17-10-6-3-7-11-17/h2-11,16,18H,12-14H2,1H3/b20-19-/t16-,18-,24-/m0/s1. The molecule has 0 amide bonds. The number of hydrogen-bond acceptors (Lipinski definition) is 4. The zero-order valence-electron chi connectivity index (χ0n) is 13.6. The predicted molar refractivity (Wildman–Crippen MR) is 95.2 cm³/mol. The summed E-state index contributed by atoms with van der Waals surface area (Å²) in [6.45, 7) is 0.526. The molecule has 3 rings (SSSR count). The molecular formula is C19H21NO3S. The molecule has 4 nitrogen and oxygen atoms in total. The molecule has 0 aromatic heterocycles. The Morgan fingerprint density at radius 2 is 1.79 bits per heavy atom. The molecule has 1 aliphatic heterocycles. The van der Waals surface area contributed by atoms with E-state index in [9.17, 15) is 4.21 Å². The van der Waals surface area contributed by atoms with Crippen molar-refractivity contribution in [2.75, 3.05) is 19.5 Å². The van der Waals surface area contributed by atoms with Crippen LogP contribution in [-0.4, -0.2) is 29.6 Å². The largest absolute Gasteiger partial charge is 0.478 e. The first-order valence-electron chi connectivity index (χ1n) is 7.99. The number of hydrogen-bond donors (Lipinski definition) is 0. The molecule has 1 heterocycles. The van der Waals surface area contributed by atoms with E-state index in [2.05, 4.69) is 17.3 Å². The van der Waals surface area contributed by atoms with E-state index < -0.39 is 10.8 Å². The van der Waals surface area contributed by atoms with E-state index in [1.807, 2.05) is 48.5 Å². The minimum Gasteiger partial charge on any atom is -0.478 e. The molecule has 0 unspecified atom stereocenters. The maximum absolute atomic E-state index is 12.6. The molecular weight excluding hydrogens is 322 g/mol. The molecule has 1 fully saturated rings. The van der Waals surface area contributed by atoms with Gasteiger partial charge in [0.15, 0.2) is 0 Å². The third kappa shape index (κ3) is 4.03. The minimum absolute atomic E-state index is 0.0833. The van der Waals surface area contributed by atoms with Gasteiger partial charge in [0, 0.05) is 22.5 Å². The van der Waals surface area contributed by atoms with Gasteiger partial charge in [-0.15, -0.1) is 0 Å². The van der Waals surface area contributed by atoms with Crippen molar-refractivity contribution in [1.29, 1.82) is 0 Å². The van der Waals surface area contributed by atoms with Gasteiger partial charge in [-0.1, -0.05) is 53.7 Å². The van der Waals surface area contributed by atoms with Gasteiger partial charge in [-0.25, -0.2) is 0 Å². The van der Waals surface area contributed by atoms with Crippen molar-refractivity contribution >= 4 is 16.7 Å². The second-order valence-electron chi connectivity index (χ2n) is 5.80. The summed E-state index contributed by atoms with van der Waals surface area (Å²) in [6, 6.07) is 19.8. The Kier molecular flexibility index (Phi) is 5.64. The van der Waals surface area contributed by atoms with Crippen LogP contribution in [0.25, 0.3) is 0 Å². The third-order valence-corrected chi connectivity index (χ3v) is 5.71. The molecule has 24 heavy (non-hydrogen) atoms. The Hall–Kier alpha value is -2.14. The second kappa shape index (κ2) is 8.11. The molecule has 3 atom stereocenters. The van der Waals surface area contributed by atoms with Gasteiger partial charge in [-0.05, 0) is 24.1 Å². The van der Waals surface area contributed by atoms with Gasteiger partial charge in [0.25, 0.3) is 0 Å². The molecule has 1 saturated heterocycles. The van der Waals surface area contributed by atoms with E-state index in [0.29, 0.717) is 18.3 Å². The lowest BCUT2D eigenvalue weighted by molar-refractivity contribution is 0.195. The first-order valence-corrected chi connectivity index (χ1v) is 9.31. The first kappa shape index (κ1) is 16.7. The van der Waals surface area contributed by atoms with E-state index >= 15 is 0 Å². The number of rotatable bonds is 6. The Bertz CT molecular complexity index is 703. The van der Waals surface area contributed by atoms with Crippen molar-refractivity contribution < 1.29 is 13.8 Å². The van der Waals surface area contributed by atoms with Crippen LogP contribution in [0, 0.1) is 11.8 Å². The predicted octanol–water partition coefficient (Wildman–Crippen LogP) is 3.26. The van der Waals surface area contributed by atoms with Gasteiger partial charge in [-0.2, -0.15) is 0 Å². The van der Waals surface area contributed by atoms with Crippen LogP contribution in [0.2, 0.25) is 0 Å². The molecule has 1 aliphatic rings. The van der Waals surface area contributed by atoms with E-state index in [1.54, 1.807) is 0 Å². The summed E-state index contributed by atoms with van der Waals surface area (Å²) < 4.78 is 18.4. The van der Waals surface area contributed by atoms with Crippen LogP contribution in [0.5, 0.6) is 0 Å². The Balaban J connectivity index is 1.75. The fraction of sp³-hybridized carbons (Fsp3) is 0.316. The number of oxime groups is 1. The summed E-state index contributed by atoms with van der Waals surface area (Å²) in [7, 11) is 0.473. The molecule has 2 aromatic carbocycles. The van der Waals surface area contributed by atoms with Gasteiger partial charge < -0.3 is 9.57 Å². The molecule has 0 bridgehead atoms. The number of ether oxygens (including phenoxy) is 1. The average Bonchev–Trinajstić information content (AvgIpc) is 2.99. The lowest BCUT2D eigenvalue weighted by atomic mass is 9.90. The Morgan fingerprint density at radius 1 is 1.12 bits per heavy atom. The first-order chi connectivity index (χ1) is 11.8. The van der Waals surface area contributed by atoms with E-state index in [-0.39, 0.29) is 11.8 Å². The Morgan fingerprint density at radius 3 is 2.46 bits per heavy atom. The van der Waals surface area contributed by atoms with Crippen molar-refractivity contribution in [2.45, 2.75) is 11.3 Å². The highest BCUT2D eigenvalue weighted by Gasteiger charge is 2.37. The third-order valence-electron chi connectivity index (χ3n) is 4.18. The topological polar surface area (TPSA) is 47.9 Å². The lowest BCUT2D eigenvalue weighted by Gasteiger charge is -2.16. The quantitative estimate of drug-likeness (QED) is 0.757. The smallest absolute Gasteiger partial charge is 0.229 e. The van der Waals surface area contributed by atoms with Crippen molar-refractivity contribution in [3.8, 4) is 0 Å². The van der Waals surface area contributed by atoms with Gasteiger partial charge in [0.05, 0.1) is 17.4 Å². The molecule has 0 N–H and O–H groups in total. The highest BCUT2D eigenvalue weighted by molar-refractivity contribution is 7.85. The van der Waals surface area contributed by atoms with Crippen molar-refractivity contribution in [3.05, 3.63) is 66.2 Å². The number of benzene rings is 2. The van der Waals surface area contributed by atoms with E-state index in [0.717, 1.165) is 11.3 Å². The maximum atomic E-state index is 12.6. The van der Waals surface area contributed by atoms with Gasteiger partial charge >= 0.3 is 0 Å². The van der Waals surface area contributed by atoms with E-state index in [1.165, 1.54) is 12.7 Å². The molecule has 2 aromatic rings. The summed E-state index contributed by atoms with van der Waals surface area (Å²) in [4.78, 5) is 5.77. The zero-order valence-corrected chi connectivity index (χ0v) is 14.4. The molecule has 126 valence electrons. The second-order valence-corrected chi connectivity index (χ2v) is 7.30. The molecule has 5 heteroatoms. The van der Waals surface area contributed by atoms with Crippen molar-refractivity contribution in [3.63, 3.8) is 0 Å².